The van der Waals surface area contributed by atoms with E-state index in [1.807, 2.05) is 0 Å². The van der Waals surface area contributed by atoms with Crippen LogP contribution in [-0.4, -0.2) is 36.1 Å². The molecular weight excluding hydrogens is 204 g/mol. The second-order valence-electron chi connectivity index (χ2n) is 4.15. The van der Waals surface area contributed by atoms with Crippen molar-refractivity contribution in [1.29, 1.82) is 0 Å². The van der Waals surface area contributed by atoms with Crippen LogP contribution in [0.5, 0.6) is 0 Å². The third-order valence-corrected chi connectivity index (χ3v) is 3.12. The van der Waals surface area contributed by atoms with Gasteiger partial charge in [-0.15, -0.1) is 0 Å². The minimum Gasteiger partial charge on any atom is -0.396 e. The lowest BCUT2D eigenvalue weighted by molar-refractivity contribution is 0.112. The van der Waals surface area contributed by atoms with Gasteiger partial charge in [-0.25, -0.2) is 4.98 Å². The molecule has 1 aromatic rings. The van der Waals surface area contributed by atoms with Crippen molar-refractivity contribution in [1.82, 2.24) is 4.98 Å². The zero-order valence-electron chi connectivity index (χ0n) is 9.17. The van der Waals surface area contributed by atoms with Crippen molar-refractivity contribution in [2.75, 3.05) is 24.6 Å². The van der Waals surface area contributed by atoms with E-state index < -0.39 is 0 Å². The van der Waals surface area contributed by atoms with Crippen LogP contribution in [0.25, 0.3) is 0 Å². The van der Waals surface area contributed by atoms with Crippen LogP contribution in [0.2, 0.25) is 0 Å². The van der Waals surface area contributed by atoms with Crippen molar-refractivity contribution in [2.45, 2.75) is 12.8 Å². The van der Waals surface area contributed by atoms with Crippen LogP contribution in [0.15, 0.2) is 18.3 Å². The molecule has 0 saturated carbocycles. The van der Waals surface area contributed by atoms with E-state index in [1.54, 1.807) is 18.3 Å². The number of anilines is 1. The van der Waals surface area contributed by atoms with E-state index in [2.05, 4.69) is 9.88 Å². The maximum atomic E-state index is 10.9. The van der Waals surface area contributed by atoms with Crippen LogP contribution >= 0.6 is 0 Å². The Kier molecular flexibility index (Phi) is 3.51. The second-order valence-corrected chi connectivity index (χ2v) is 4.15. The molecule has 0 spiro atoms. The van der Waals surface area contributed by atoms with Gasteiger partial charge in [0.05, 0.1) is 5.56 Å². The van der Waals surface area contributed by atoms with E-state index in [4.69, 9.17) is 5.11 Å². The van der Waals surface area contributed by atoms with Gasteiger partial charge in [0.1, 0.15) is 5.82 Å². The zero-order valence-corrected chi connectivity index (χ0v) is 9.17. The summed E-state index contributed by atoms with van der Waals surface area (Å²) in [6.45, 7) is 1.99. The standard InChI is InChI=1S/C12H16N2O2/c15-8-10-3-6-14(7-4-10)12-11(9-16)2-1-5-13-12/h1-2,5,9-10,15H,3-4,6-8H2. The maximum Gasteiger partial charge on any atom is 0.153 e. The molecule has 4 nitrogen and oxygen atoms in total. The summed E-state index contributed by atoms with van der Waals surface area (Å²) in [4.78, 5) is 17.3. The predicted molar refractivity (Wildman–Crippen MR) is 61.6 cm³/mol. The van der Waals surface area contributed by atoms with Gasteiger partial charge >= 0.3 is 0 Å². The van der Waals surface area contributed by atoms with Crippen molar-refractivity contribution in [3.8, 4) is 0 Å². The van der Waals surface area contributed by atoms with E-state index in [1.165, 1.54) is 0 Å². The summed E-state index contributed by atoms with van der Waals surface area (Å²) in [6, 6.07) is 3.56. The van der Waals surface area contributed by atoms with Gasteiger partial charge in [-0.1, -0.05) is 0 Å². The summed E-state index contributed by atoms with van der Waals surface area (Å²) in [5, 5.41) is 9.06. The number of hydrogen-bond acceptors (Lipinski definition) is 4. The second kappa shape index (κ2) is 5.07. The fourth-order valence-corrected chi connectivity index (χ4v) is 2.09. The topological polar surface area (TPSA) is 53.4 Å². The Morgan fingerprint density at radius 2 is 2.25 bits per heavy atom. The lowest BCUT2D eigenvalue weighted by atomic mass is 9.98. The normalized spacial score (nSPS) is 17.4. The number of carbonyl (C=O) groups is 1. The van der Waals surface area contributed by atoms with Crippen molar-refractivity contribution in [3.63, 3.8) is 0 Å². The average Bonchev–Trinajstić information content (AvgIpc) is 2.39. The number of piperidine rings is 1. The quantitative estimate of drug-likeness (QED) is 0.775. The highest BCUT2D eigenvalue weighted by molar-refractivity contribution is 5.82. The van der Waals surface area contributed by atoms with Crippen molar-refractivity contribution < 1.29 is 9.90 Å². The highest BCUT2D eigenvalue weighted by Gasteiger charge is 2.20. The molecule has 0 atom stereocenters. The molecule has 1 aliphatic rings. The van der Waals surface area contributed by atoms with Crippen molar-refractivity contribution >= 4 is 12.1 Å². The smallest absolute Gasteiger partial charge is 0.153 e. The third-order valence-electron chi connectivity index (χ3n) is 3.12. The Morgan fingerprint density at radius 3 is 2.88 bits per heavy atom. The third kappa shape index (κ3) is 2.22. The molecule has 0 unspecified atom stereocenters. The number of pyridine rings is 1. The molecule has 1 fully saturated rings. The summed E-state index contributed by atoms with van der Waals surface area (Å²) in [5.74, 6) is 1.17. The molecular formula is C12H16N2O2. The molecule has 2 heterocycles. The summed E-state index contributed by atoms with van der Waals surface area (Å²) in [7, 11) is 0. The molecule has 1 aromatic heterocycles. The SMILES string of the molecule is O=Cc1cccnc1N1CCC(CO)CC1. The Hall–Kier alpha value is -1.42. The summed E-state index contributed by atoms with van der Waals surface area (Å²) >= 11 is 0. The molecule has 1 aliphatic heterocycles. The highest BCUT2D eigenvalue weighted by atomic mass is 16.3. The first-order valence-electron chi connectivity index (χ1n) is 5.61. The van der Waals surface area contributed by atoms with Gasteiger partial charge in [0.25, 0.3) is 0 Å². The van der Waals surface area contributed by atoms with Crippen LogP contribution in [-0.2, 0) is 0 Å². The van der Waals surface area contributed by atoms with E-state index in [-0.39, 0.29) is 6.61 Å². The minimum atomic E-state index is 0.261. The van der Waals surface area contributed by atoms with E-state index in [0.29, 0.717) is 11.5 Å². The number of carbonyl (C=O) groups excluding carboxylic acids is 1. The van der Waals surface area contributed by atoms with E-state index >= 15 is 0 Å². The van der Waals surface area contributed by atoms with Gasteiger partial charge in [-0.05, 0) is 30.9 Å². The maximum absolute atomic E-state index is 10.9. The number of aliphatic hydroxyl groups excluding tert-OH is 1. The number of aliphatic hydroxyl groups is 1. The fraction of sp³-hybridized carbons (Fsp3) is 0.500. The first-order chi connectivity index (χ1) is 7.85. The van der Waals surface area contributed by atoms with Gasteiger partial charge in [0, 0.05) is 25.9 Å². The summed E-state index contributed by atoms with van der Waals surface area (Å²) < 4.78 is 0. The van der Waals surface area contributed by atoms with Gasteiger partial charge < -0.3 is 10.0 Å². The Balaban J connectivity index is 2.10. The van der Waals surface area contributed by atoms with Gasteiger partial charge in [0.2, 0.25) is 0 Å². The molecule has 0 radical (unpaired) electrons. The van der Waals surface area contributed by atoms with Crippen molar-refractivity contribution in [2.24, 2.45) is 5.92 Å². The van der Waals surface area contributed by atoms with Crippen molar-refractivity contribution in [3.05, 3.63) is 23.9 Å². The summed E-state index contributed by atoms with van der Waals surface area (Å²) in [5.41, 5.74) is 0.643. The lowest BCUT2D eigenvalue weighted by Gasteiger charge is -2.32. The van der Waals surface area contributed by atoms with E-state index in [0.717, 1.165) is 38.0 Å². The number of nitrogens with zero attached hydrogens (tertiary/aromatic N) is 2. The molecule has 1 saturated heterocycles. The Morgan fingerprint density at radius 1 is 1.50 bits per heavy atom. The molecule has 2 rings (SSSR count). The molecule has 0 amide bonds. The number of aldehydes is 1. The molecule has 4 heteroatoms. The highest BCUT2D eigenvalue weighted by Crippen LogP contribution is 2.23. The molecule has 0 aromatic carbocycles. The van der Waals surface area contributed by atoms with Crippen LogP contribution < -0.4 is 4.90 Å². The largest absolute Gasteiger partial charge is 0.396 e. The lowest BCUT2D eigenvalue weighted by Crippen LogP contribution is -2.35. The Bertz CT molecular complexity index is 360. The summed E-state index contributed by atoms with van der Waals surface area (Å²) in [6.07, 6.45) is 4.48. The monoisotopic (exact) mass is 220 g/mol. The predicted octanol–water partition coefficient (Wildman–Crippen LogP) is 1.10. The van der Waals surface area contributed by atoms with Gasteiger partial charge in [-0.3, -0.25) is 4.79 Å². The van der Waals surface area contributed by atoms with E-state index in [9.17, 15) is 4.79 Å². The first kappa shape index (κ1) is 11.1. The molecule has 16 heavy (non-hydrogen) atoms. The fourth-order valence-electron chi connectivity index (χ4n) is 2.09. The zero-order chi connectivity index (χ0) is 11.4. The van der Waals surface area contributed by atoms with Crippen LogP contribution in [0.3, 0.4) is 0 Å². The van der Waals surface area contributed by atoms with Crippen LogP contribution in [0, 0.1) is 5.92 Å². The number of rotatable bonds is 3. The molecule has 0 bridgehead atoms. The van der Waals surface area contributed by atoms with Crippen LogP contribution in [0.1, 0.15) is 23.2 Å². The van der Waals surface area contributed by atoms with Gasteiger partial charge in [0.15, 0.2) is 6.29 Å². The number of aromatic nitrogens is 1. The molecule has 86 valence electrons. The Labute approximate surface area is 94.9 Å². The first-order valence-corrected chi connectivity index (χ1v) is 5.61. The minimum absolute atomic E-state index is 0.261. The van der Waals surface area contributed by atoms with Crippen LogP contribution in [0.4, 0.5) is 5.82 Å². The molecule has 0 aliphatic carbocycles. The van der Waals surface area contributed by atoms with Gasteiger partial charge in [-0.2, -0.15) is 0 Å². The number of hydrogen-bond donors (Lipinski definition) is 1. The average molecular weight is 220 g/mol. The molecule has 1 N–H and O–H groups in total.